The fourth-order valence-electron chi connectivity index (χ4n) is 0.888. The number of rotatable bonds is 7. The van der Waals surface area contributed by atoms with Crippen LogP contribution < -0.4 is 11.1 Å². The van der Waals surface area contributed by atoms with Crippen molar-refractivity contribution >= 4 is 23.5 Å². The van der Waals surface area contributed by atoms with E-state index in [-0.39, 0.29) is 11.8 Å². The summed E-state index contributed by atoms with van der Waals surface area (Å²) < 4.78 is 0. The Morgan fingerprint density at radius 2 is 2.07 bits per heavy atom. The van der Waals surface area contributed by atoms with Gasteiger partial charge in [-0.2, -0.15) is 0 Å². The molecule has 1 amide bonds. The zero-order chi connectivity index (χ0) is 11.0. The van der Waals surface area contributed by atoms with E-state index in [2.05, 4.69) is 5.32 Å². The smallest absolute Gasteiger partial charge is 0.320 e. The lowest BCUT2D eigenvalue weighted by Crippen LogP contribution is -2.30. The zero-order valence-electron chi connectivity index (χ0n) is 7.83. The predicted molar refractivity (Wildman–Crippen MR) is 53.2 cm³/mol. The van der Waals surface area contributed by atoms with Crippen LogP contribution in [0.15, 0.2) is 0 Å². The molecule has 0 aliphatic heterocycles. The van der Waals surface area contributed by atoms with Crippen LogP contribution in [0.25, 0.3) is 0 Å². The highest BCUT2D eigenvalue weighted by Crippen LogP contribution is 1.98. The Labute approximate surface area is 87.6 Å². The van der Waals surface area contributed by atoms with Crippen molar-refractivity contribution in [3.8, 4) is 0 Å². The maximum absolute atomic E-state index is 10.7. The van der Waals surface area contributed by atoms with E-state index in [9.17, 15) is 9.59 Å². The molecule has 0 aliphatic rings. The number of carboxylic acid groups (broad SMARTS) is 1. The van der Waals surface area contributed by atoms with Gasteiger partial charge >= 0.3 is 5.97 Å². The molecule has 0 aliphatic carbocycles. The van der Waals surface area contributed by atoms with Crippen LogP contribution in [-0.4, -0.2) is 35.4 Å². The number of carbonyl (C=O) groups excluding carboxylic acids is 1. The van der Waals surface area contributed by atoms with Crippen molar-refractivity contribution in [2.45, 2.75) is 25.3 Å². The lowest BCUT2D eigenvalue weighted by Gasteiger charge is -2.06. The van der Waals surface area contributed by atoms with E-state index in [0.717, 1.165) is 0 Å². The standard InChI is InChI=1S/C8H15ClN2O3/c9-5-7(12)11-4-2-1-3-6(10)8(13)14/h6H,1-5,10H2,(H,11,12)(H,13,14). The van der Waals surface area contributed by atoms with E-state index in [0.29, 0.717) is 25.8 Å². The minimum absolute atomic E-state index is 0.0470. The summed E-state index contributed by atoms with van der Waals surface area (Å²) in [5.41, 5.74) is 5.28. The average molecular weight is 223 g/mol. The van der Waals surface area contributed by atoms with E-state index >= 15 is 0 Å². The molecule has 1 atom stereocenters. The molecule has 82 valence electrons. The first-order chi connectivity index (χ1) is 6.57. The largest absolute Gasteiger partial charge is 0.480 e. The van der Waals surface area contributed by atoms with E-state index in [1.165, 1.54) is 0 Å². The maximum Gasteiger partial charge on any atom is 0.320 e. The summed E-state index contributed by atoms with van der Waals surface area (Å²) >= 11 is 5.25. The molecule has 0 saturated heterocycles. The first kappa shape index (κ1) is 13.2. The number of amides is 1. The molecule has 0 spiro atoms. The third kappa shape index (κ3) is 6.68. The summed E-state index contributed by atoms with van der Waals surface area (Å²) in [7, 11) is 0. The predicted octanol–water partition coefficient (Wildman–Crippen LogP) is -0.0764. The van der Waals surface area contributed by atoms with Crippen molar-refractivity contribution in [1.82, 2.24) is 5.32 Å². The quantitative estimate of drug-likeness (QED) is 0.415. The minimum atomic E-state index is -0.991. The van der Waals surface area contributed by atoms with Gasteiger partial charge in [0.05, 0.1) is 0 Å². The van der Waals surface area contributed by atoms with Gasteiger partial charge in [-0.05, 0) is 19.3 Å². The second-order valence-corrected chi connectivity index (χ2v) is 3.19. The molecule has 0 bridgehead atoms. The van der Waals surface area contributed by atoms with Crippen molar-refractivity contribution in [2.24, 2.45) is 5.73 Å². The molecular weight excluding hydrogens is 208 g/mol. The fraction of sp³-hybridized carbons (Fsp3) is 0.750. The summed E-state index contributed by atoms with van der Waals surface area (Å²) in [4.78, 5) is 21.0. The molecule has 0 aromatic heterocycles. The normalized spacial score (nSPS) is 12.1. The topological polar surface area (TPSA) is 92.4 Å². The van der Waals surface area contributed by atoms with Crippen LogP contribution in [0.2, 0.25) is 0 Å². The molecule has 6 heteroatoms. The summed E-state index contributed by atoms with van der Waals surface area (Å²) in [6.45, 7) is 0.512. The van der Waals surface area contributed by atoms with E-state index in [4.69, 9.17) is 22.4 Å². The fourth-order valence-corrected chi connectivity index (χ4v) is 0.982. The molecule has 0 aromatic rings. The van der Waals surface area contributed by atoms with Gasteiger partial charge in [-0.3, -0.25) is 9.59 Å². The molecule has 0 fully saturated rings. The van der Waals surface area contributed by atoms with Gasteiger partial charge in [-0.15, -0.1) is 11.6 Å². The lowest BCUT2D eigenvalue weighted by atomic mass is 10.1. The highest BCUT2D eigenvalue weighted by Gasteiger charge is 2.09. The molecule has 0 heterocycles. The van der Waals surface area contributed by atoms with Crippen LogP contribution in [0.5, 0.6) is 0 Å². The number of halogens is 1. The number of carbonyl (C=O) groups is 2. The first-order valence-electron chi connectivity index (χ1n) is 4.39. The number of carboxylic acids is 1. The van der Waals surface area contributed by atoms with Crippen LogP contribution in [0.3, 0.4) is 0 Å². The number of hydrogen-bond acceptors (Lipinski definition) is 3. The van der Waals surface area contributed by atoms with Crippen molar-refractivity contribution in [3.63, 3.8) is 0 Å². The van der Waals surface area contributed by atoms with Crippen LogP contribution in [0.1, 0.15) is 19.3 Å². The van der Waals surface area contributed by atoms with Crippen molar-refractivity contribution in [2.75, 3.05) is 12.4 Å². The Kier molecular flexibility index (Phi) is 7.14. The molecule has 1 unspecified atom stereocenters. The van der Waals surface area contributed by atoms with Crippen LogP contribution in [0, 0.1) is 0 Å². The Bertz CT molecular complexity index is 199. The summed E-state index contributed by atoms with van der Waals surface area (Å²) in [5, 5.41) is 11.0. The Balaban J connectivity index is 3.30. The Morgan fingerprint density at radius 1 is 1.43 bits per heavy atom. The zero-order valence-corrected chi connectivity index (χ0v) is 8.59. The average Bonchev–Trinajstić information content (AvgIpc) is 2.16. The van der Waals surface area contributed by atoms with Gasteiger partial charge in [-0.1, -0.05) is 0 Å². The second kappa shape index (κ2) is 7.58. The van der Waals surface area contributed by atoms with Gasteiger partial charge in [-0.25, -0.2) is 0 Å². The lowest BCUT2D eigenvalue weighted by molar-refractivity contribution is -0.138. The van der Waals surface area contributed by atoms with Gasteiger partial charge < -0.3 is 16.2 Å². The molecule has 14 heavy (non-hydrogen) atoms. The first-order valence-corrected chi connectivity index (χ1v) is 4.92. The molecule has 0 saturated carbocycles. The second-order valence-electron chi connectivity index (χ2n) is 2.92. The summed E-state index contributed by atoms with van der Waals surface area (Å²) in [6, 6.07) is -0.807. The third-order valence-corrected chi connectivity index (χ3v) is 1.95. The van der Waals surface area contributed by atoms with Crippen molar-refractivity contribution in [1.29, 1.82) is 0 Å². The maximum atomic E-state index is 10.7. The van der Waals surface area contributed by atoms with Gasteiger partial charge in [0.15, 0.2) is 0 Å². The number of nitrogens with two attached hydrogens (primary N) is 1. The minimum Gasteiger partial charge on any atom is -0.480 e. The van der Waals surface area contributed by atoms with Gasteiger partial charge in [0.25, 0.3) is 0 Å². The van der Waals surface area contributed by atoms with Crippen LogP contribution in [0.4, 0.5) is 0 Å². The summed E-state index contributed by atoms with van der Waals surface area (Å²) in [6.07, 6.45) is 1.81. The highest BCUT2D eigenvalue weighted by atomic mass is 35.5. The molecule has 0 aromatic carbocycles. The van der Waals surface area contributed by atoms with E-state index in [1.54, 1.807) is 0 Å². The Morgan fingerprint density at radius 3 is 2.57 bits per heavy atom. The van der Waals surface area contributed by atoms with Crippen molar-refractivity contribution < 1.29 is 14.7 Å². The molecule has 0 radical (unpaired) electrons. The van der Waals surface area contributed by atoms with Gasteiger partial charge in [0.2, 0.25) is 5.91 Å². The molecular formula is C8H15ClN2O3. The monoisotopic (exact) mass is 222 g/mol. The highest BCUT2D eigenvalue weighted by molar-refractivity contribution is 6.27. The van der Waals surface area contributed by atoms with E-state index in [1.807, 2.05) is 0 Å². The molecule has 4 N–H and O–H groups in total. The van der Waals surface area contributed by atoms with Gasteiger partial charge in [0.1, 0.15) is 11.9 Å². The SMILES string of the molecule is NC(CCCCNC(=O)CCl)C(=O)O. The molecule has 0 rings (SSSR count). The van der Waals surface area contributed by atoms with Crippen molar-refractivity contribution in [3.05, 3.63) is 0 Å². The molecule has 5 nitrogen and oxygen atoms in total. The van der Waals surface area contributed by atoms with Gasteiger partial charge in [0, 0.05) is 6.54 Å². The van der Waals surface area contributed by atoms with Crippen LogP contribution in [-0.2, 0) is 9.59 Å². The van der Waals surface area contributed by atoms with Crippen LogP contribution >= 0.6 is 11.6 Å². The summed E-state index contributed by atoms with van der Waals surface area (Å²) in [5.74, 6) is -1.25. The number of hydrogen-bond donors (Lipinski definition) is 3. The number of aliphatic carboxylic acids is 1. The number of nitrogens with one attached hydrogen (secondary N) is 1. The Hall–Kier alpha value is -0.810. The number of alkyl halides is 1. The third-order valence-electron chi connectivity index (χ3n) is 1.70. The number of unbranched alkanes of at least 4 members (excludes halogenated alkanes) is 1. The van der Waals surface area contributed by atoms with E-state index < -0.39 is 12.0 Å².